The molecule has 0 saturated carbocycles. The van der Waals surface area contributed by atoms with Crippen LogP contribution in [0.5, 0.6) is 0 Å². The Morgan fingerprint density at radius 2 is 2.00 bits per heavy atom. The van der Waals surface area contributed by atoms with Crippen LogP contribution in [0.25, 0.3) is 0 Å². The first kappa shape index (κ1) is 13.3. The number of aromatic nitrogens is 3. The van der Waals surface area contributed by atoms with Crippen LogP contribution in [0.2, 0.25) is 5.28 Å². The number of rotatable bonds is 4. The molecule has 0 aromatic carbocycles. The third-order valence-electron chi connectivity index (χ3n) is 2.17. The second-order valence-corrected chi connectivity index (χ2v) is 4.01. The molecule has 0 amide bonds. The zero-order valence-electron chi connectivity index (χ0n) is 9.05. The maximum absolute atomic E-state index is 12.2. The third-order valence-corrected chi connectivity index (χ3v) is 2.42. The molecule has 0 aliphatic carbocycles. The highest BCUT2D eigenvalue weighted by molar-refractivity contribution is 6.28. The summed E-state index contributed by atoms with van der Waals surface area (Å²) < 4.78 is 38.1. The Labute approximate surface area is 96.6 Å². The van der Waals surface area contributed by atoms with Crippen LogP contribution in [-0.4, -0.2) is 20.9 Å². The van der Waals surface area contributed by atoms with Crippen molar-refractivity contribution in [2.45, 2.75) is 45.3 Å². The Hall–Kier alpha value is -0.780. The fourth-order valence-corrected chi connectivity index (χ4v) is 1.86. The van der Waals surface area contributed by atoms with Crippen molar-refractivity contribution < 1.29 is 13.2 Å². The van der Waals surface area contributed by atoms with Gasteiger partial charge in [0.2, 0.25) is 5.28 Å². The molecule has 1 aromatic heterocycles. The van der Waals surface area contributed by atoms with Crippen LogP contribution in [0.3, 0.4) is 0 Å². The van der Waals surface area contributed by atoms with E-state index in [1.165, 1.54) is 11.5 Å². The zero-order valence-corrected chi connectivity index (χ0v) is 9.81. The van der Waals surface area contributed by atoms with Gasteiger partial charge in [-0.2, -0.15) is 13.2 Å². The predicted octanol–water partition coefficient (Wildman–Crippen LogP) is 3.40. The second kappa shape index (κ2) is 5.03. The van der Waals surface area contributed by atoms with E-state index >= 15 is 0 Å². The maximum Gasteiger partial charge on any atom is 0.391 e. The van der Waals surface area contributed by atoms with Crippen molar-refractivity contribution in [3.63, 3.8) is 0 Å². The number of aryl methyl sites for hydroxylation is 1. The Morgan fingerprint density at radius 1 is 1.38 bits per heavy atom. The highest BCUT2D eigenvalue weighted by atomic mass is 35.5. The molecule has 1 atom stereocenters. The monoisotopic (exact) mass is 255 g/mol. The fraction of sp³-hybridized carbons (Fsp3) is 0.778. The molecule has 0 radical (unpaired) electrons. The first-order chi connectivity index (χ1) is 7.35. The van der Waals surface area contributed by atoms with E-state index in [9.17, 15) is 13.2 Å². The van der Waals surface area contributed by atoms with Crippen LogP contribution >= 0.6 is 11.6 Å². The van der Waals surface area contributed by atoms with Gasteiger partial charge in [0, 0.05) is 12.5 Å². The average molecular weight is 256 g/mol. The summed E-state index contributed by atoms with van der Waals surface area (Å²) in [6.45, 7) is 3.38. The molecule has 1 unspecified atom stereocenters. The van der Waals surface area contributed by atoms with Gasteiger partial charge in [0.25, 0.3) is 0 Å². The van der Waals surface area contributed by atoms with Gasteiger partial charge < -0.3 is 0 Å². The molecular weight excluding hydrogens is 243 g/mol. The minimum atomic E-state index is -4.21. The molecule has 92 valence electrons. The minimum Gasteiger partial charge on any atom is -0.299 e. The van der Waals surface area contributed by atoms with Crippen LogP contribution in [0.1, 0.15) is 38.6 Å². The highest BCUT2D eigenvalue weighted by Crippen LogP contribution is 2.29. The number of nitrogens with zero attached hydrogens (tertiary/aromatic N) is 3. The van der Waals surface area contributed by atoms with Gasteiger partial charge in [-0.15, -0.1) is 10.2 Å². The molecule has 0 aliphatic heterocycles. The lowest BCUT2D eigenvalue weighted by molar-refractivity contribution is -0.141. The SMILES string of the molecule is CCCc1nnc(Cl)n1C(C)CC(F)(F)F. The molecule has 0 aliphatic rings. The fourth-order valence-electron chi connectivity index (χ4n) is 1.56. The van der Waals surface area contributed by atoms with Gasteiger partial charge in [-0.05, 0) is 24.9 Å². The van der Waals surface area contributed by atoms with E-state index in [4.69, 9.17) is 11.6 Å². The van der Waals surface area contributed by atoms with Crippen molar-refractivity contribution in [1.29, 1.82) is 0 Å². The van der Waals surface area contributed by atoms with Gasteiger partial charge in [0.05, 0.1) is 6.42 Å². The number of hydrogen-bond donors (Lipinski definition) is 0. The van der Waals surface area contributed by atoms with Gasteiger partial charge in [0.1, 0.15) is 5.82 Å². The normalized spacial score (nSPS) is 14.1. The molecule has 1 heterocycles. The molecule has 0 saturated heterocycles. The predicted molar refractivity (Wildman–Crippen MR) is 54.4 cm³/mol. The molecule has 0 fully saturated rings. The first-order valence-electron chi connectivity index (χ1n) is 5.01. The maximum atomic E-state index is 12.2. The van der Waals surface area contributed by atoms with Crippen LogP contribution in [0.4, 0.5) is 13.2 Å². The van der Waals surface area contributed by atoms with E-state index in [0.717, 1.165) is 6.42 Å². The smallest absolute Gasteiger partial charge is 0.299 e. The summed E-state index contributed by atoms with van der Waals surface area (Å²) in [5, 5.41) is 7.38. The highest BCUT2D eigenvalue weighted by Gasteiger charge is 2.32. The molecule has 1 aromatic rings. The third kappa shape index (κ3) is 3.37. The van der Waals surface area contributed by atoms with E-state index < -0.39 is 18.6 Å². The lowest BCUT2D eigenvalue weighted by atomic mass is 10.2. The van der Waals surface area contributed by atoms with Crippen LogP contribution in [-0.2, 0) is 6.42 Å². The Balaban J connectivity index is 2.88. The van der Waals surface area contributed by atoms with Crippen LogP contribution in [0, 0.1) is 0 Å². The van der Waals surface area contributed by atoms with E-state index in [-0.39, 0.29) is 5.28 Å². The van der Waals surface area contributed by atoms with Crippen LogP contribution < -0.4 is 0 Å². The lowest BCUT2D eigenvalue weighted by Crippen LogP contribution is -2.18. The van der Waals surface area contributed by atoms with Gasteiger partial charge in [-0.25, -0.2) is 0 Å². The van der Waals surface area contributed by atoms with Gasteiger partial charge in [0.15, 0.2) is 0 Å². The lowest BCUT2D eigenvalue weighted by Gasteiger charge is -2.17. The number of hydrogen-bond acceptors (Lipinski definition) is 2. The molecule has 1 rings (SSSR count). The topological polar surface area (TPSA) is 30.7 Å². The standard InChI is InChI=1S/C9H13ClF3N3/c1-3-4-7-14-15-8(10)16(7)6(2)5-9(11,12)13/h6H,3-5H2,1-2H3. The average Bonchev–Trinajstić information content (AvgIpc) is 2.44. The summed E-state index contributed by atoms with van der Waals surface area (Å²) in [6, 6.07) is -0.774. The molecule has 0 N–H and O–H groups in total. The van der Waals surface area contributed by atoms with Crippen molar-refractivity contribution in [2.24, 2.45) is 0 Å². The summed E-state index contributed by atoms with van der Waals surface area (Å²) in [4.78, 5) is 0. The summed E-state index contributed by atoms with van der Waals surface area (Å²) in [5.74, 6) is 0.504. The van der Waals surface area contributed by atoms with Crippen molar-refractivity contribution in [3.05, 3.63) is 11.1 Å². The van der Waals surface area contributed by atoms with Crippen molar-refractivity contribution in [2.75, 3.05) is 0 Å². The van der Waals surface area contributed by atoms with E-state index in [1.54, 1.807) is 0 Å². The first-order valence-corrected chi connectivity index (χ1v) is 5.39. The van der Waals surface area contributed by atoms with Gasteiger partial charge in [-0.3, -0.25) is 4.57 Å². The summed E-state index contributed by atoms with van der Waals surface area (Å²) >= 11 is 5.73. The number of halogens is 4. The van der Waals surface area contributed by atoms with E-state index in [2.05, 4.69) is 10.2 Å². The van der Waals surface area contributed by atoms with Crippen molar-refractivity contribution in [1.82, 2.24) is 14.8 Å². The quantitative estimate of drug-likeness (QED) is 0.826. The van der Waals surface area contributed by atoms with Gasteiger partial charge >= 0.3 is 6.18 Å². The van der Waals surface area contributed by atoms with E-state index in [0.29, 0.717) is 12.2 Å². The molecule has 3 nitrogen and oxygen atoms in total. The Bertz CT molecular complexity index is 348. The molecule has 7 heteroatoms. The molecule has 0 bridgehead atoms. The Morgan fingerprint density at radius 3 is 2.50 bits per heavy atom. The van der Waals surface area contributed by atoms with Gasteiger partial charge in [-0.1, -0.05) is 6.92 Å². The zero-order chi connectivity index (χ0) is 12.3. The summed E-state index contributed by atoms with van der Waals surface area (Å²) in [5.41, 5.74) is 0. The largest absolute Gasteiger partial charge is 0.391 e. The molecule has 16 heavy (non-hydrogen) atoms. The summed E-state index contributed by atoms with van der Waals surface area (Å²) in [7, 11) is 0. The summed E-state index contributed by atoms with van der Waals surface area (Å²) in [6.07, 6.45) is -3.78. The Kier molecular flexibility index (Phi) is 4.18. The molecule has 0 spiro atoms. The molecular formula is C9H13ClF3N3. The minimum absolute atomic E-state index is 0.0141. The van der Waals surface area contributed by atoms with Crippen LogP contribution in [0.15, 0.2) is 0 Å². The van der Waals surface area contributed by atoms with E-state index in [1.807, 2.05) is 6.92 Å². The number of alkyl halides is 3. The van der Waals surface area contributed by atoms with Crippen molar-refractivity contribution >= 4 is 11.6 Å². The van der Waals surface area contributed by atoms with Crippen molar-refractivity contribution in [3.8, 4) is 0 Å². The second-order valence-electron chi connectivity index (χ2n) is 3.67.